The lowest BCUT2D eigenvalue weighted by Crippen LogP contribution is -2.32. The molecule has 11 heteroatoms. The quantitative estimate of drug-likeness (QED) is 0.759. The number of benzene rings is 1. The van der Waals surface area contributed by atoms with Crippen molar-refractivity contribution < 1.29 is 35.5 Å². The molecular weight excluding hydrogens is 402 g/mol. The highest BCUT2D eigenvalue weighted by atomic mass is 35.5. The Morgan fingerprint density at radius 2 is 1.81 bits per heavy atom. The van der Waals surface area contributed by atoms with Crippen molar-refractivity contribution in [2.75, 3.05) is 6.26 Å². The highest BCUT2D eigenvalue weighted by molar-refractivity contribution is 7.89. The second kappa shape index (κ2) is 7.59. The fraction of sp³-hybridized carbons (Fsp3) is 0.533. The molecule has 0 spiro atoms. The van der Waals surface area contributed by atoms with Crippen molar-refractivity contribution in [1.82, 2.24) is 4.72 Å². The molecule has 5 nitrogen and oxygen atoms in total. The summed E-state index contributed by atoms with van der Waals surface area (Å²) in [5.41, 5.74) is -0.589. The summed E-state index contributed by atoms with van der Waals surface area (Å²) in [7, 11) is -3.88. The third kappa shape index (κ3) is 5.47. The number of carbonyl (C=O) groups excluding carboxylic acids is 1. The van der Waals surface area contributed by atoms with Gasteiger partial charge in [-0.05, 0) is 31.7 Å². The smallest absolute Gasteiger partial charge is 0.391 e. The number of alkyl halides is 3. The Morgan fingerprint density at radius 1 is 1.23 bits per heavy atom. The van der Waals surface area contributed by atoms with E-state index in [1.54, 1.807) is 4.72 Å². The molecule has 0 aromatic heterocycles. The van der Waals surface area contributed by atoms with Crippen molar-refractivity contribution >= 4 is 27.5 Å². The number of halogens is 5. The fourth-order valence-corrected chi connectivity index (χ4v) is 3.36. The minimum Gasteiger partial charge on any atom is -0.489 e. The molecule has 0 atom stereocenters. The average Bonchev–Trinajstić information content (AvgIpc) is 2.48. The molecule has 146 valence electrons. The van der Waals surface area contributed by atoms with Gasteiger partial charge in [0, 0.05) is 6.07 Å². The van der Waals surface area contributed by atoms with E-state index in [1.807, 2.05) is 0 Å². The standard InChI is InChI=1S/C15H16ClF4NO4S/c1-26(23,24)21-14(22)10-6-11(16)13(7-12(10)17)25-9-4-2-8(3-5-9)15(18,19)20/h6-9H,2-5H2,1H3,(H,21,22)/t8-,9+. The van der Waals surface area contributed by atoms with Crippen LogP contribution in [0.2, 0.25) is 5.02 Å². The minimum absolute atomic E-state index is 0.0941. The second-order valence-electron chi connectivity index (χ2n) is 6.10. The first-order valence-corrected chi connectivity index (χ1v) is 9.88. The van der Waals surface area contributed by atoms with Crippen molar-refractivity contribution in [2.45, 2.75) is 38.0 Å². The topological polar surface area (TPSA) is 72.5 Å². The molecule has 1 N–H and O–H groups in total. The van der Waals surface area contributed by atoms with Gasteiger partial charge in [-0.15, -0.1) is 0 Å². The van der Waals surface area contributed by atoms with E-state index in [9.17, 15) is 30.8 Å². The van der Waals surface area contributed by atoms with Crippen molar-refractivity contribution in [3.05, 3.63) is 28.5 Å². The highest BCUT2D eigenvalue weighted by Crippen LogP contribution is 2.39. The Kier molecular flexibility index (Phi) is 6.06. The Morgan fingerprint density at radius 3 is 2.31 bits per heavy atom. The van der Waals surface area contributed by atoms with Gasteiger partial charge in [-0.1, -0.05) is 11.6 Å². The van der Waals surface area contributed by atoms with Gasteiger partial charge < -0.3 is 4.74 Å². The number of nitrogens with one attached hydrogen (secondary N) is 1. The number of rotatable bonds is 4. The molecule has 1 amide bonds. The first-order valence-electron chi connectivity index (χ1n) is 7.61. The molecule has 0 aliphatic heterocycles. The molecule has 26 heavy (non-hydrogen) atoms. The number of hydrogen-bond donors (Lipinski definition) is 1. The Labute approximate surface area is 152 Å². The van der Waals surface area contributed by atoms with Crippen LogP contribution in [0.15, 0.2) is 12.1 Å². The number of hydrogen-bond acceptors (Lipinski definition) is 4. The lowest BCUT2D eigenvalue weighted by Gasteiger charge is -2.30. The van der Waals surface area contributed by atoms with Crippen LogP contribution in [0.3, 0.4) is 0 Å². The molecule has 1 aliphatic carbocycles. The van der Waals surface area contributed by atoms with Crippen LogP contribution in [-0.2, 0) is 10.0 Å². The van der Waals surface area contributed by atoms with Crippen molar-refractivity contribution in [2.24, 2.45) is 5.92 Å². The summed E-state index contributed by atoms with van der Waals surface area (Å²) in [6.45, 7) is 0. The Hall–Kier alpha value is -1.55. The number of amides is 1. The van der Waals surface area contributed by atoms with Crippen LogP contribution in [0, 0.1) is 11.7 Å². The minimum atomic E-state index is -4.25. The summed E-state index contributed by atoms with van der Waals surface area (Å²) in [5.74, 6) is -3.74. The molecule has 0 radical (unpaired) electrons. The maximum Gasteiger partial charge on any atom is 0.391 e. The average molecular weight is 418 g/mol. The van der Waals surface area contributed by atoms with Crippen LogP contribution >= 0.6 is 11.6 Å². The van der Waals surface area contributed by atoms with Crippen LogP contribution in [-0.4, -0.2) is 32.9 Å². The molecule has 1 aromatic carbocycles. The van der Waals surface area contributed by atoms with E-state index in [-0.39, 0.29) is 36.5 Å². The zero-order chi connectivity index (χ0) is 19.7. The van der Waals surface area contributed by atoms with Crippen molar-refractivity contribution in [3.8, 4) is 5.75 Å². The van der Waals surface area contributed by atoms with Crippen LogP contribution < -0.4 is 9.46 Å². The maximum absolute atomic E-state index is 14.1. The fourth-order valence-electron chi connectivity index (χ4n) is 2.70. The van der Waals surface area contributed by atoms with Crippen LogP contribution in [0.1, 0.15) is 36.0 Å². The normalized spacial score (nSPS) is 21.3. The predicted octanol–water partition coefficient (Wildman–Crippen LogP) is 3.67. The number of sulfonamides is 1. The van der Waals surface area contributed by atoms with Crippen LogP contribution in [0.25, 0.3) is 0 Å². The first-order chi connectivity index (χ1) is 11.9. The van der Waals surface area contributed by atoms with Gasteiger partial charge in [0.25, 0.3) is 5.91 Å². The summed E-state index contributed by atoms with van der Waals surface area (Å²) in [4.78, 5) is 11.7. The van der Waals surface area contributed by atoms with Gasteiger partial charge in [-0.2, -0.15) is 13.2 Å². The van der Waals surface area contributed by atoms with E-state index in [0.717, 1.165) is 18.4 Å². The SMILES string of the molecule is CS(=O)(=O)NC(=O)c1cc(Cl)c(O[C@H]2CC[C@@H](C(F)(F)F)CC2)cc1F. The van der Waals surface area contributed by atoms with Gasteiger partial charge in [0.05, 0.1) is 28.9 Å². The maximum atomic E-state index is 14.1. The summed E-state index contributed by atoms with van der Waals surface area (Å²) >= 11 is 5.94. The van der Waals surface area contributed by atoms with Crippen molar-refractivity contribution in [3.63, 3.8) is 0 Å². The predicted molar refractivity (Wildman–Crippen MR) is 86.1 cm³/mol. The summed E-state index contributed by atoms with van der Waals surface area (Å²) in [6, 6.07) is 1.73. The first kappa shape index (κ1) is 20.8. The monoisotopic (exact) mass is 417 g/mol. The molecule has 0 unspecified atom stereocenters. The lowest BCUT2D eigenvalue weighted by molar-refractivity contribution is -0.185. The summed E-state index contributed by atoms with van der Waals surface area (Å²) < 4.78 is 81.2. The van der Waals surface area contributed by atoms with Crippen LogP contribution in [0.5, 0.6) is 5.75 Å². The molecule has 0 bridgehead atoms. The van der Waals surface area contributed by atoms with Gasteiger partial charge in [0.1, 0.15) is 11.6 Å². The van der Waals surface area contributed by atoms with E-state index in [4.69, 9.17) is 16.3 Å². The van der Waals surface area contributed by atoms with Crippen molar-refractivity contribution in [1.29, 1.82) is 0 Å². The third-order valence-corrected chi connectivity index (χ3v) is 4.83. The molecule has 2 rings (SSSR count). The van der Waals surface area contributed by atoms with E-state index < -0.39 is 45.5 Å². The highest BCUT2D eigenvalue weighted by Gasteiger charge is 2.41. The van der Waals surface area contributed by atoms with E-state index >= 15 is 0 Å². The molecule has 1 fully saturated rings. The molecule has 1 saturated carbocycles. The van der Waals surface area contributed by atoms with E-state index in [0.29, 0.717) is 0 Å². The van der Waals surface area contributed by atoms with E-state index in [1.165, 1.54) is 0 Å². The van der Waals surface area contributed by atoms with Gasteiger partial charge in [0.2, 0.25) is 10.0 Å². The zero-order valence-corrected chi connectivity index (χ0v) is 15.1. The summed E-state index contributed by atoms with van der Waals surface area (Å²) in [6.07, 6.45) is -3.98. The second-order valence-corrected chi connectivity index (χ2v) is 8.25. The largest absolute Gasteiger partial charge is 0.489 e. The molecule has 1 aromatic rings. The zero-order valence-electron chi connectivity index (χ0n) is 13.6. The number of ether oxygens (including phenoxy) is 1. The Bertz CT molecular complexity index is 790. The van der Waals surface area contributed by atoms with Crippen LogP contribution in [0.4, 0.5) is 17.6 Å². The molecular formula is C15H16ClF4NO4S. The molecule has 0 heterocycles. The van der Waals surface area contributed by atoms with Gasteiger partial charge >= 0.3 is 6.18 Å². The van der Waals surface area contributed by atoms with Gasteiger partial charge in [-0.3, -0.25) is 4.79 Å². The third-order valence-electron chi connectivity index (χ3n) is 3.98. The molecule has 0 saturated heterocycles. The van der Waals surface area contributed by atoms with Gasteiger partial charge in [-0.25, -0.2) is 17.5 Å². The Balaban J connectivity index is 2.08. The van der Waals surface area contributed by atoms with E-state index in [2.05, 4.69) is 0 Å². The van der Waals surface area contributed by atoms with Gasteiger partial charge in [0.15, 0.2) is 0 Å². The lowest BCUT2D eigenvalue weighted by atomic mass is 9.87. The molecule has 1 aliphatic rings. The number of carbonyl (C=O) groups is 1. The summed E-state index contributed by atoms with van der Waals surface area (Å²) in [5, 5.41) is -0.150.